The van der Waals surface area contributed by atoms with Crippen molar-refractivity contribution < 1.29 is 13.2 Å². The molecule has 8 heteroatoms. The Morgan fingerprint density at radius 1 is 1.27 bits per heavy atom. The fourth-order valence-electron chi connectivity index (χ4n) is 2.32. The molecule has 0 radical (unpaired) electrons. The van der Waals surface area contributed by atoms with Gasteiger partial charge in [0.15, 0.2) is 5.96 Å². The van der Waals surface area contributed by atoms with Crippen LogP contribution in [0.5, 0.6) is 0 Å². The second-order valence-corrected chi connectivity index (χ2v) is 6.75. The number of aryl methyl sites for hydroxylation is 2. The van der Waals surface area contributed by atoms with Crippen molar-refractivity contribution in [1.29, 1.82) is 0 Å². The average Bonchev–Trinajstić information content (AvgIpc) is 3.01. The van der Waals surface area contributed by atoms with E-state index >= 15 is 0 Å². The summed E-state index contributed by atoms with van der Waals surface area (Å²) in [5.41, 5.74) is 0.908. The van der Waals surface area contributed by atoms with Crippen molar-refractivity contribution in [3.8, 4) is 0 Å². The van der Waals surface area contributed by atoms with Crippen molar-refractivity contribution in [2.24, 2.45) is 4.99 Å². The first kappa shape index (κ1) is 20.2. The summed E-state index contributed by atoms with van der Waals surface area (Å²) in [7, 11) is 0. The fourth-order valence-corrected chi connectivity index (χ4v) is 3.14. The molecule has 0 saturated carbocycles. The summed E-state index contributed by atoms with van der Waals surface area (Å²) in [5, 5.41) is 9.45. The Hall–Kier alpha value is -2.09. The fraction of sp³-hybridized carbons (Fsp3) is 0.444. The molecular formula is C18H23F3N4S. The monoisotopic (exact) mass is 384 g/mol. The van der Waals surface area contributed by atoms with Crippen molar-refractivity contribution in [3.05, 3.63) is 51.5 Å². The highest BCUT2D eigenvalue weighted by Gasteiger charge is 2.30. The largest absolute Gasteiger partial charge is 0.416 e. The van der Waals surface area contributed by atoms with E-state index in [0.717, 1.165) is 35.7 Å². The molecule has 4 nitrogen and oxygen atoms in total. The summed E-state index contributed by atoms with van der Waals surface area (Å²) in [6.45, 7) is 5.50. The Morgan fingerprint density at radius 2 is 2.08 bits per heavy atom. The zero-order valence-electron chi connectivity index (χ0n) is 14.9. The molecule has 2 aromatic rings. The first-order chi connectivity index (χ1) is 12.4. The number of guanidine groups is 1. The van der Waals surface area contributed by atoms with Crippen molar-refractivity contribution in [3.63, 3.8) is 0 Å². The number of benzene rings is 1. The molecule has 0 spiro atoms. The second kappa shape index (κ2) is 9.56. The summed E-state index contributed by atoms with van der Waals surface area (Å²) < 4.78 is 38.3. The van der Waals surface area contributed by atoms with Crippen LogP contribution in [-0.4, -0.2) is 24.0 Å². The summed E-state index contributed by atoms with van der Waals surface area (Å²) in [6, 6.07) is 5.26. The van der Waals surface area contributed by atoms with Gasteiger partial charge in [-0.3, -0.25) is 0 Å². The number of aromatic nitrogens is 1. The molecule has 0 aliphatic rings. The van der Waals surface area contributed by atoms with Gasteiger partial charge < -0.3 is 10.6 Å². The molecular weight excluding hydrogens is 361 g/mol. The molecule has 0 saturated heterocycles. The minimum Gasteiger partial charge on any atom is -0.357 e. The molecule has 0 aliphatic carbocycles. The summed E-state index contributed by atoms with van der Waals surface area (Å²) in [5.74, 6) is 0.597. The van der Waals surface area contributed by atoms with Gasteiger partial charge in [0.25, 0.3) is 0 Å². The molecule has 1 heterocycles. The molecule has 0 atom stereocenters. The van der Waals surface area contributed by atoms with E-state index in [9.17, 15) is 13.2 Å². The van der Waals surface area contributed by atoms with E-state index in [1.807, 2.05) is 19.2 Å². The Balaban J connectivity index is 1.87. The number of nitrogens with one attached hydrogen (secondary N) is 2. The quantitative estimate of drug-likeness (QED) is 0.428. The van der Waals surface area contributed by atoms with Crippen LogP contribution in [0.15, 0.2) is 34.6 Å². The van der Waals surface area contributed by atoms with Crippen molar-refractivity contribution in [2.45, 2.75) is 39.4 Å². The average molecular weight is 384 g/mol. The first-order valence-corrected chi connectivity index (χ1v) is 9.35. The van der Waals surface area contributed by atoms with Crippen LogP contribution < -0.4 is 10.6 Å². The smallest absolute Gasteiger partial charge is 0.357 e. The van der Waals surface area contributed by atoms with Crippen LogP contribution in [0.4, 0.5) is 13.2 Å². The molecule has 0 amide bonds. The lowest BCUT2D eigenvalue weighted by Gasteiger charge is -2.11. The third kappa shape index (κ3) is 6.67. The molecule has 0 unspecified atom stereocenters. The van der Waals surface area contributed by atoms with Gasteiger partial charge >= 0.3 is 6.18 Å². The topological polar surface area (TPSA) is 49.3 Å². The van der Waals surface area contributed by atoms with Gasteiger partial charge in [-0.2, -0.15) is 13.2 Å². The Kier molecular flexibility index (Phi) is 7.44. The van der Waals surface area contributed by atoms with Crippen LogP contribution in [0, 0.1) is 6.92 Å². The SMILES string of the molecule is CCNC(=NCc1cccc(C(F)(F)F)c1)NCCCc1nc(C)cs1. The van der Waals surface area contributed by atoms with E-state index in [2.05, 4.69) is 20.6 Å². The Labute approximate surface area is 155 Å². The van der Waals surface area contributed by atoms with Crippen molar-refractivity contribution in [2.75, 3.05) is 13.1 Å². The number of rotatable bonds is 7. The van der Waals surface area contributed by atoms with Gasteiger partial charge in [-0.1, -0.05) is 12.1 Å². The summed E-state index contributed by atoms with van der Waals surface area (Å²) in [6.07, 6.45) is -2.55. The van der Waals surface area contributed by atoms with Crippen molar-refractivity contribution in [1.82, 2.24) is 15.6 Å². The minimum absolute atomic E-state index is 0.185. The minimum atomic E-state index is -4.34. The van der Waals surface area contributed by atoms with Gasteiger partial charge in [-0.05, 0) is 38.0 Å². The molecule has 2 N–H and O–H groups in total. The standard InChI is InChI=1S/C18H23F3N4S/c1-3-22-17(23-9-5-8-16-25-13(2)12-26-16)24-11-14-6-4-7-15(10-14)18(19,20)21/h4,6-7,10,12H,3,5,8-9,11H2,1-2H3,(H2,22,23,24). The van der Waals surface area contributed by atoms with E-state index in [1.54, 1.807) is 17.4 Å². The van der Waals surface area contributed by atoms with Crippen LogP contribution in [0.3, 0.4) is 0 Å². The molecule has 0 bridgehead atoms. The predicted octanol–water partition coefficient (Wildman–Crippen LogP) is 4.16. The number of halogens is 3. The maximum Gasteiger partial charge on any atom is 0.416 e. The molecule has 26 heavy (non-hydrogen) atoms. The Bertz CT molecular complexity index is 725. The van der Waals surface area contributed by atoms with Gasteiger partial charge in [-0.25, -0.2) is 9.98 Å². The van der Waals surface area contributed by atoms with Crippen molar-refractivity contribution >= 4 is 17.3 Å². The third-order valence-electron chi connectivity index (χ3n) is 3.54. The lowest BCUT2D eigenvalue weighted by molar-refractivity contribution is -0.137. The third-order valence-corrected chi connectivity index (χ3v) is 4.57. The van der Waals surface area contributed by atoms with Gasteiger partial charge in [0.1, 0.15) is 0 Å². The highest BCUT2D eigenvalue weighted by atomic mass is 32.1. The second-order valence-electron chi connectivity index (χ2n) is 5.81. The van der Waals surface area contributed by atoms with Crippen LogP contribution in [0.25, 0.3) is 0 Å². The highest BCUT2D eigenvalue weighted by molar-refractivity contribution is 7.09. The zero-order valence-corrected chi connectivity index (χ0v) is 15.7. The van der Waals surface area contributed by atoms with Crippen LogP contribution in [0.1, 0.15) is 35.2 Å². The normalized spacial score (nSPS) is 12.3. The number of hydrogen-bond donors (Lipinski definition) is 2. The number of alkyl halides is 3. The van der Waals surface area contributed by atoms with Gasteiger partial charge in [-0.15, -0.1) is 11.3 Å². The van der Waals surface area contributed by atoms with Crippen LogP contribution in [-0.2, 0) is 19.1 Å². The maximum absolute atomic E-state index is 12.8. The molecule has 1 aromatic heterocycles. The van der Waals surface area contributed by atoms with E-state index in [1.165, 1.54) is 6.07 Å². The maximum atomic E-state index is 12.8. The zero-order chi connectivity index (χ0) is 19.0. The van der Waals surface area contributed by atoms with Gasteiger partial charge in [0, 0.05) is 30.6 Å². The van der Waals surface area contributed by atoms with Gasteiger partial charge in [0.05, 0.1) is 17.1 Å². The first-order valence-electron chi connectivity index (χ1n) is 8.48. The molecule has 2 rings (SSSR count). The summed E-state index contributed by atoms with van der Waals surface area (Å²) in [4.78, 5) is 8.79. The lowest BCUT2D eigenvalue weighted by Crippen LogP contribution is -2.37. The number of aliphatic imine (C=N–C) groups is 1. The molecule has 0 fully saturated rings. The predicted molar refractivity (Wildman–Crippen MR) is 99.4 cm³/mol. The van der Waals surface area contributed by atoms with Crippen LogP contribution >= 0.6 is 11.3 Å². The van der Waals surface area contributed by atoms with E-state index < -0.39 is 11.7 Å². The van der Waals surface area contributed by atoms with E-state index in [-0.39, 0.29) is 6.54 Å². The van der Waals surface area contributed by atoms with E-state index in [4.69, 9.17) is 0 Å². The Morgan fingerprint density at radius 3 is 2.73 bits per heavy atom. The number of nitrogens with zero attached hydrogens (tertiary/aromatic N) is 2. The van der Waals surface area contributed by atoms with Gasteiger partial charge in [0.2, 0.25) is 0 Å². The van der Waals surface area contributed by atoms with E-state index in [0.29, 0.717) is 24.6 Å². The number of hydrogen-bond acceptors (Lipinski definition) is 3. The molecule has 0 aliphatic heterocycles. The molecule has 142 valence electrons. The summed E-state index contributed by atoms with van der Waals surface area (Å²) >= 11 is 1.65. The lowest BCUT2D eigenvalue weighted by atomic mass is 10.1. The molecule has 1 aromatic carbocycles. The highest BCUT2D eigenvalue weighted by Crippen LogP contribution is 2.29. The number of thiazole rings is 1. The van der Waals surface area contributed by atoms with Crippen LogP contribution in [0.2, 0.25) is 0 Å².